The number of hydrogen-bond donors (Lipinski definition) is 1. The highest BCUT2D eigenvalue weighted by molar-refractivity contribution is 6.31. The first-order valence-electron chi connectivity index (χ1n) is 9.41. The monoisotopic (exact) mass is 415 g/mol. The van der Waals surface area contributed by atoms with E-state index < -0.39 is 0 Å². The van der Waals surface area contributed by atoms with Crippen LogP contribution in [0.15, 0.2) is 48.5 Å². The number of nitrogens with one attached hydrogen (secondary N) is 1. The van der Waals surface area contributed by atoms with E-state index in [0.717, 1.165) is 25.2 Å². The molecular formula is C22H23ClFN3O2. The predicted molar refractivity (Wildman–Crippen MR) is 112 cm³/mol. The SMILES string of the molecule is CNC(=O)c1cc(Cl)ccc1/C=C/C(=O)N1CCN(Cc2ccc(F)cc2)CC1. The molecule has 0 aliphatic carbocycles. The zero-order valence-corrected chi connectivity index (χ0v) is 17.0. The third kappa shape index (κ3) is 5.65. The molecule has 2 amide bonds. The van der Waals surface area contributed by atoms with Crippen molar-refractivity contribution in [3.05, 3.63) is 76.1 Å². The highest BCUT2D eigenvalue weighted by atomic mass is 35.5. The van der Waals surface area contributed by atoms with Gasteiger partial charge in [0.15, 0.2) is 0 Å². The Morgan fingerprint density at radius 3 is 2.45 bits per heavy atom. The Labute approximate surface area is 174 Å². The maximum atomic E-state index is 13.0. The van der Waals surface area contributed by atoms with E-state index in [1.807, 2.05) is 0 Å². The minimum Gasteiger partial charge on any atom is -0.355 e. The maximum absolute atomic E-state index is 13.0. The number of amides is 2. The number of nitrogens with zero attached hydrogens (tertiary/aromatic N) is 2. The van der Waals surface area contributed by atoms with Crippen LogP contribution < -0.4 is 5.32 Å². The summed E-state index contributed by atoms with van der Waals surface area (Å²) in [7, 11) is 1.55. The van der Waals surface area contributed by atoms with Crippen molar-refractivity contribution in [3.8, 4) is 0 Å². The van der Waals surface area contributed by atoms with Gasteiger partial charge >= 0.3 is 0 Å². The highest BCUT2D eigenvalue weighted by Gasteiger charge is 2.20. The molecule has 0 radical (unpaired) electrons. The Balaban J connectivity index is 1.57. The first-order valence-corrected chi connectivity index (χ1v) is 9.79. The van der Waals surface area contributed by atoms with E-state index in [2.05, 4.69) is 10.2 Å². The van der Waals surface area contributed by atoms with Gasteiger partial charge in [-0.15, -0.1) is 0 Å². The number of rotatable bonds is 5. The molecule has 0 atom stereocenters. The minimum atomic E-state index is -0.256. The van der Waals surface area contributed by atoms with Gasteiger partial charge in [-0.25, -0.2) is 4.39 Å². The molecule has 1 aliphatic heterocycles. The molecule has 2 aromatic rings. The molecule has 29 heavy (non-hydrogen) atoms. The van der Waals surface area contributed by atoms with Gasteiger partial charge in [0.2, 0.25) is 5.91 Å². The molecule has 3 rings (SSSR count). The minimum absolute atomic E-state index is 0.0933. The van der Waals surface area contributed by atoms with Gasteiger partial charge in [0.25, 0.3) is 5.91 Å². The lowest BCUT2D eigenvalue weighted by Crippen LogP contribution is -2.47. The van der Waals surface area contributed by atoms with E-state index in [9.17, 15) is 14.0 Å². The number of carbonyl (C=O) groups excluding carboxylic acids is 2. The van der Waals surface area contributed by atoms with E-state index in [1.165, 1.54) is 18.2 Å². The maximum Gasteiger partial charge on any atom is 0.251 e. The Kier molecular flexibility index (Phi) is 7.01. The van der Waals surface area contributed by atoms with Crippen molar-refractivity contribution in [3.63, 3.8) is 0 Å². The fourth-order valence-electron chi connectivity index (χ4n) is 3.25. The van der Waals surface area contributed by atoms with E-state index in [0.29, 0.717) is 29.2 Å². The van der Waals surface area contributed by atoms with Crippen LogP contribution in [0.4, 0.5) is 4.39 Å². The Bertz CT molecular complexity index is 907. The summed E-state index contributed by atoms with van der Waals surface area (Å²) in [5.74, 6) is -0.588. The summed E-state index contributed by atoms with van der Waals surface area (Å²) in [5.41, 5.74) is 2.11. The van der Waals surface area contributed by atoms with Crippen LogP contribution in [-0.4, -0.2) is 54.8 Å². The van der Waals surface area contributed by atoms with E-state index in [1.54, 1.807) is 48.4 Å². The summed E-state index contributed by atoms with van der Waals surface area (Å²) >= 11 is 5.98. The van der Waals surface area contributed by atoms with Crippen molar-refractivity contribution in [1.29, 1.82) is 0 Å². The third-order valence-electron chi connectivity index (χ3n) is 4.90. The van der Waals surface area contributed by atoms with E-state index in [4.69, 9.17) is 11.6 Å². The smallest absolute Gasteiger partial charge is 0.251 e. The molecule has 0 unspecified atom stereocenters. The molecule has 0 bridgehead atoms. The summed E-state index contributed by atoms with van der Waals surface area (Å²) in [6.45, 7) is 3.47. The van der Waals surface area contributed by atoms with Crippen LogP contribution in [0, 0.1) is 5.82 Å². The van der Waals surface area contributed by atoms with Gasteiger partial charge in [0.1, 0.15) is 5.82 Å². The second-order valence-corrected chi connectivity index (χ2v) is 7.31. The lowest BCUT2D eigenvalue weighted by molar-refractivity contribution is -0.127. The molecule has 1 fully saturated rings. The number of halogens is 2. The number of carbonyl (C=O) groups is 2. The summed E-state index contributed by atoms with van der Waals surface area (Å²) < 4.78 is 13.0. The second-order valence-electron chi connectivity index (χ2n) is 6.87. The van der Waals surface area contributed by atoms with E-state index in [-0.39, 0.29) is 17.6 Å². The van der Waals surface area contributed by atoms with E-state index >= 15 is 0 Å². The average Bonchev–Trinajstić information content (AvgIpc) is 2.74. The van der Waals surface area contributed by atoms with Crippen LogP contribution in [0.25, 0.3) is 6.08 Å². The molecule has 1 N–H and O–H groups in total. The van der Waals surface area contributed by atoms with Gasteiger partial charge in [-0.1, -0.05) is 29.8 Å². The molecule has 1 heterocycles. The van der Waals surface area contributed by atoms with Gasteiger partial charge in [-0.05, 0) is 41.5 Å². The van der Waals surface area contributed by atoms with Crippen LogP contribution in [0.5, 0.6) is 0 Å². The van der Waals surface area contributed by atoms with Crippen LogP contribution in [-0.2, 0) is 11.3 Å². The lowest BCUT2D eigenvalue weighted by Gasteiger charge is -2.34. The standard InChI is InChI=1S/C22H23ClFN3O2/c1-25-22(29)20-14-18(23)6-4-17(20)5-9-21(28)27-12-10-26(11-13-27)15-16-2-7-19(24)8-3-16/h2-9,14H,10-13,15H2,1H3,(H,25,29)/b9-5+. The van der Waals surface area contributed by atoms with Crippen molar-refractivity contribution in [2.45, 2.75) is 6.54 Å². The fraction of sp³-hybridized carbons (Fsp3) is 0.273. The van der Waals surface area contributed by atoms with Crippen molar-refractivity contribution < 1.29 is 14.0 Å². The van der Waals surface area contributed by atoms with Gasteiger partial charge < -0.3 is 10.2 Å². The Morgan fingerprint density at radius 1 is 1.10 bits per heavy atom. The summed E-state index contributed by atoms with van der Waals surface area (Å²) in [6, 6.07) is 11.5. The fourth-order valence-corrected chi connectivity index (χ4v) is 3.42. The zero-order chi connectivity index (χ0) is 20.8. The van der Waals surface area contributed by atoms with Crippen LogP contribution >= 0.6 is 11.6 Å². The molecule has 0 spiro atoms. The third-order valence-corrected chi connectivity index (χ3v) is 5.13. The molecule has 1 aliphatic rings. The number of benzene rings is 2. The van der Waals surface area contributed by atoms with Crippen molar-refractivity contribution in [2.24, 2.45) is 0 Å². The number of hydrogen-bond acceptors (Lipinski definition) is 3. The van der Waals surface area contributed by atoms with Gasteiger partial charge in [0, 0.05) is 56.4 Å². The largest absolute Gasteiger partial charge is 0.355 e. The molecule has 2 aromatic carbocycles. The normalized spacial score (nSPS) is 14.9. The molecule has 152 valence electrons. The van der Waals surface area contributed by atoms with Gasteiger partial charge in [-0.3, -0.25) is 14.5 Å². The van der Waals surface area contributed by atoms with Crippen LogP contribution in [0.2, 0.25) is 5.02 Å². The number of piperazine rings is 1. The van der Waals surface area contributed by atoms with Gasteiger partial charge in [-0.2, -0.15) is 0 Å². The van der Waals surface area contributed by atoms with Crippen molar-refractivity contribution in [2.75, 3.05) is 33.2 Å². The summed E-state index contributed by atoms with van der Waals surface area (Å²) in [4.78, 5) is 28.6. The summed E-state index contributed by atoms with van der Waals surface area (Å²) in [6.07, 6.45) is 3.14. The highest BCUT2D eigenvalue weighted by Crippen LogP contribution is 2.18. The predicted octanol–water partition coefficient (Wildman–Crippen LogP) is 3.20. The molecular weight excluding hydrogens is 393 g/mol. The quantitative estimate of drug-likeness (QED) is 0.763. The molecule has 7 heteroatoms. The van der Waals surface area contributed by atoms with Gasteiger partial charge in [0.05, 0.1) is 0 Å². The van der Waals surface area contributed by atoms with Crippen molar-refractivity contribution >= 4 is 29.5 Å². The first kappa shape index (κ1) is 21.0. The first-order chi connectivity index (χ1) is 14.0. The second kappa shape index (κ2) is 9.67. The lowest BCUT2D eigenvalue weighted by atomic mass is 10.1. The Morgan fingerprint density at radius 2 is 1.79 bits per heavy atom. The Hall–Kier alpha value is -2.70. The van der Waals surface area contributed by atoms with Crippen molar-refractivity contribution in [1.82, 2.24) is 15.1 Å². The van der Waals surface area contributed by atoms with Crippen LogP contribution in [0.1, 0.15) is 21.5 Å². The molecule has 5 nitrogen and oxygen atoms in total. The summed E-state index contributed by atoms with van der Waals surface area (Å²) in [5, 5.41) is 3.04. The molecule has 0 aromatic heterocycles. The molecule has 0 saturated carbocycles. The zero-order valence-electron chi connectivity index (χ0n) is 16.2. The topological polar surface area (TPSA) is 52.7 Å². The molecule has 1 saturated heterocycles. The van der Waals surface area contributed by atoms with Crippen LogP contribution in [0.3, 0.4) is 0 Å². The average molecular weight is 416 g/mol.